The van der Waals surface area contributed by atoms with E-state index in [0.717, 1.165) is 22.4 Å². The second kappa shape index (κ2) is 8.83. The summed E-state index contributed by atoms with van der Waals surface area (Å²) in [6, 6.07) is 18.2. The fourth-order valence-corrected chi connectivity index (χ4v) is 5.24. The Morgan fingerprint density at radius 2 is 1.62 bits per heavy atom. The lowest BCUT2D eigenvalue weighted by molar-refractivity contribution is 0.0737. The van der Waals surface area contributed by atoms with Gasteiger partial charge in [0.15, 0.2) is 17.7 Å². The molecule has 0 spiro atoms. The minimum Gasteiger partial charge on any atom is -0.497 e. The van der Waals surface area contributed by atoms with Crippen molar-refractivity contribution in [2.75, 3.05) is 13.9 Å². The molecule has 0 aliphatic carbocycles. The second-order valence-corrected chi connectivity index (χ2v) is 10.1. The molecule has 0 unspecified atom stereocenters. The quantitative estimate of drug-likeness (QED) is 0.517. The maximum atomic E-state index is 12.8. The Morgan fingerprint density at radius 3 is 2.29 bits per heavy atom. The summed E-state index contributed by atoms with van der Waals surface area (Å²) in [5.41, 5.74) is 5.87. The van der Waals surface area contributed by atoms with Crippen LogP contribution in [0.1, 0.15) is 29.5 Å². The second-order valence-electron chi connectivity index (χ2n) is 8.45. The van der Waals surface area contributed by atoms with Crippen molar-refractivity contribution in [2.24, 2.45) is 5.92 Å². The molecule has 3 aromatic rings. The van der Waals surface area contributed by atoms with Gasteiger partial charge in [0.1, 0.15) is 11.5 Å². The first-order valence-corrected chi connectivity index (χ1v) is 12.4. The Balaban J connectivity index is 1.46. The van der Waals surface area contributed by atoms with Gasteiger partial charge in [-0.15, -0.1) is 4.83 Å². The van der Waals surface area contributed by atoms with Crippen LogP contribution in [0.2, 0.25) is 0 Å². The van der Waals surface area contributed by atoms with E-state index in [1.807, 2.05) is 44.2 Å². The number of ether oxygens (including phenoxy) is 4. The number of aryl methyl sites for hydroxylation is 1. The van der Waals surface area contributed by atoms with E-state index < -0.39 is 16.3 Å². The van der Waals surface area contributed by atoms with Crippen molar-refractivity contribution in [3.05, 3.63) is 77.4 Å². The van der Waals surface area contributed by atoms with Crippen molar-refractivity contribution < 1.29 is 27.4 Å². The maximum Gasteiger partial charge on any atom is 0.253 e. The first-order valence-electron chi connectivity index (χ1n) is 10.9. The third-order valence-electron chi connectivity index (χ3n) is 6.24. The summed E-state index contributed by atoms with van der Waals surface area (Å²) in [5, 5.41) is 0. The molecule has 3 aromatic carbocycles. The first-order chi connectivity index (χ1) is 16.4. The van der Waals surface area contributed by atoms with Gasteiger partial charge in [-0.05, 0) is 42.8 Å². The molecule has 2 heterocycles. The molecule has 0 radical (unpaired) electrons. The summed E-state index contributed by atoms with van der Waals surface area (Å²) in [6.45, 7) is 4.07. The van der Waals surface area contributed by atoms with Crippen LogP contribution in [-0.4, -0.2) is 28.5 Å². The van der Waals surface area contributed by atoms with Crippen LogP contribution in [-0.2, 0) is 10.0 Å². The molecule has 0 amide bonds. The van der Waals surface area contributed by atoms with Crippen LogP contribution < -0.4 is 29.2 Å². The molecule has 0 saturated carbocycles. The van der Waals surface area contributed by atoms with Crippen LogP contribution in [0.5, 0.6) is 23.0 Å². The highest BCUT2D eigenvalue weighted by molar-refractivity contribution is 7.89. The van der Waals surface area contributed by atoms with E-state index in [0.29, 0.717) is 17.2 Å². The van der Waals surface area contributed by atoms with E-state index in [4.69, 9.17) is 18.9 Å². The molecule has 0 bridgehead atoms. The number of rotatable bonds is 6. The third-order valence-corrected chi connectivity index (χ3v) is 7.52. The fraction of sp³-hybridized carbons (Fsp3) is 0.280. The van der Waals surface area contributed by atoms with Gasteiger partial charge in [0, 0.05) is 23.5 Å². The first kappa shape index (κ1) is 22.5. The maximum absolute atomic E-state index is 12.8. The molecular formula is C25H26N2O6S. The van der Waals surface area contributed by atoms with Gasteiger partial charge >= 0.3 is 0 Å². The van der Waals surface area contributed by atoms with Crippen molar-refractivity contribution >= 4 is 10.0 Å². The Labute approximate surface area is 198 Å². The van der Waals surface area contributed by atoms with Gasteiger partial charge in [-0.3, -0.25) is 0 Å². The van der Waals surface area contributed by atoms with Gasteiger partial charge in [0.2, 0.25) is 6.79 Å². The van der Waals surface area contributed by atoms with E-state index >= 15 is 0 Å². The van der Waals surface area contributed by atoms with Crippen molar-refractivity contribution in [1.82, 2.24) is 10.3 Å². The summed E-state index contributed by atoms with van der Waals surface area (Å²) in [7, 11) is -2.15. The number of hydrogen-bond acceptors (Lipinski definition) is 7. The molecule has 0 saturated heterocycles. The zero-order valence-electron chi connectivity index (χ0n) is 19.1. The average Bonchev–Trinajstić information content (AvgIpc) is 3.29. The third kappa shape index (κ3) is 4.18. The Kier molecular flexibility index (Phi) is 5.85. The molecule has 2 N–H and O–H groups in total. The minimum absolute atomic E-state index is 0.0921. The number of sulfonamides is 1. The predicted molar refractivity (Wildman–Crippen MR) is 126 cm³/mol. The summed E-state index contributed by atoms with van der Waals surface area (Å²) in [6.07, 6.45) is -0.639. The highest BCUT2D eigenvalue weighted by Crippen LogP contribution is 2.48. The minimum atomic E-state index is -3.78. The molecule has 3 atom stereocenters. The lowest BCUT2D eigenvalue weighted by atomic mass is 9.78. The summed E-state index contributed by atoms with van der Waals surface area (Å²) < 4.78 is 48.3. The molecule has 178 valence electrons. The molecule has 34 heavy (non-hydrogen) atoms. The molecule has 8 nitrogen and oxygen atoms in total. The van der Waals surface area contributed by atoms with Crippen LogP contribution in [0, 0.1) is 12.8 Å². The van der Waals surface area contributed by atoms with Crippen LogP contribution in [0.4, 0.5) is 0 Å². The summed E-state index contributed by atoms with van der Waals surface area (Å²) in [5.74, 6) is 2.40. The molecular weight excluding hydrogens is 456 g/mol. The topological polar surface area (TPSA) is 95.1 Å². The van der Waals surface area contributed by atoms with Gasteiger partial charge in [0.05, 0.1) is 12.0 Å². The van der Waals surface area contributed by atoms with Crippen LogP contribution in [0.15, 0.2) is 65.6 Å². The van der Waals surface area contributed by atoms with Crippen molar-refractivity contribution in [3.63, 3.8) is 0 Å². The van der Waals surface area contributed by atoms with E-state index in [-0.39, 0.29) is 23.5 Å². The largest absolute Gasteiger partial charge is 0.497 e. The molecule has 2 aliphatic heterocycles. The van der Waals surface area contributed by atoms with Gasteiger partial charge in [-0.2, -0.15) is 0 Å². The molecule has 9 heteroatoms. The smallest absolute Gasteiger partial charge is 0.253 e. The number of nitrogens with one attached hydrogen (secondary N) is 2. The number of fused-ring (bicyclic) bond motifs is 2. The highest BCUT2D eigenvalue weighted by Gasteiger charge is 2.38. The van der Waals surface area contributed by atoms with Crippen LogP contribution in [0.3, 0.4) is 0 Å². The molecule has 0 aromatic heterocycles. The Morgan fingerprint density at radius 1 is 0.941 bits per heavy atom. The monoisotopic (exact) mass is 482 g/mol. The SMILES string of the molecule is COc1ccc([C@@H]2c3cc4c(cc3O[C@@H](NNS(=O)(=O)c3ccc(C)cc3)[C@H]2C)OCO4)cc1. The van der Waals surface area contributed by atoms with Gasteiger partial charge < -0.3 is 18.9 Å². The standard InChI is InChI=1S/C25H26N2O6S/c1-15-4-10-19(11-5-15)34(28,29)27-26-25-16(2)24(17-6-8-18(30-3)9-7-17)20-12-22-23(32-14-31-22)13-21(20)33-25/h4-13,16,24-27H,14H2,1-3H3/t16-,24+,25+/m0/s1. The number of hydrazine groups is 1. The zero-order chi connectivity index (χ0) is 23.9. The number of hydrogen-bond donors (Lipinski definition) is 2. The summed E-state index contributed by atoms with van der Waals surface area (Å²) >= 11 is 0. The van der Waals surface area contributed by atoms with Crippen molar-refractivity contribution in [2.45, 2.75) is 30.9 Å². The lowest BCUT2D eigenvalue weighted by Crippen LogP contribution is -2.52. The Bertz CT molecular complexity index is 1290. The van der Waals surface area contributed by atoms with Gasteiger partial charge in [0.25, 0.3) is 10.0 Å². The van der Waals surface area contributed by atoms with Gasteiger partial charge in [-0.1, -0.05) is 36.8 Å². The average molecular weight is 483 g/mol. The highest BCUT2D eigenvalue weighted by atomic mass is 32.2. The predicted octanol–water partition coefficient (Wildman–Crippen LogP) is 3.70. The molecule has 2 aliphatic rings. The number of benzene rings is 3. The molecule has 0 fully saturated rings. The van der Waals surface area contributed by atoms with Crippen LogP contribution >= 0.6 is 0 Å². The molecule has 5 rings (SSSR count). The zero-order valence-corrected chi connectivity index (χ0v) is 19.9. The van der Waals surface area contributed by atoms with Crippen molar-refractivity contribution in [3.8, 4) is 23.0 Å². The van der Waals surface area contributed by atoms with E-state index in [2.05, 4.69) is 10.3 Å². The fourth-order valence-electron chi connectivity index (χ4n) is 4.35. The van der Waals surface area contributed by atoms with E-state index in [1.165, 1.54) is 0 Å². The van der Waals surface area contributed by atoms with E-state index in [9.17, 15) is 8.42 Å². The number of methoxy groups -OCH3 is 1. The lowest BCUT2D eigenvalue weighted by Gasteiger charge is -2.38. The summed E-state index contributed by atoms with van der Waals surface area (Å²) in [4.78, 5) is 2.66. The van der Waals surface area contributed by atoms with Crippen molar-refractivity contribution in [1.29, 1.82) is 0 Å². The van der Waals surface area contributed by atoms with Crippen LogP contribution in [0.25, 0.3) is 0 Å². The van der Waals surface area contributed by atoms with Gasteiger partial charge in [-0.25, -0.2) is 13.8 Å². The normalized spacial score (nSPS) is 21.0. The van der Waals surface area contributed by atoms with E-state index in [1.54, 1.807) is 37.4 Å². The Hall–Kier alpha value is -3.27.